The van der Waals surface area contributed by atoms with Gasteiger partial charge in [-0.15, -0.1) is 0 Å². The number of imidazole rings is 1. The van der Waals surface area contributed by atoms with E-state index in [9.17, 15) is 0 Å². The van der Waals surface area contributed by atoms with Crippen LogP contribution in [0.3, 0.4) is 0 Å². The van der Waals surface area contributed by atoms with E-state index in [2.05, 4.69) is 61.5 Å². The first kappa shape index (κ1) is 21.8. The van der Waals surface area contributed by atoms with E-state index in [0.717, 1.165) is 90.9 Å². The fourth-order valence-electron chi connectivity index (χ4n) is 5.87. The van der Waals surface area contributed by atoms with Crippen molar-refractivity contribution in [1.29, 1.82) is 0 Å². The van der Waals surface area contributed by atoms with Crippen LogP contribution in [0.5, 0.6) is 0 Å². The number of ether oxygens (including phenoxy) is 1. The van der Waals surface area contributed by atoms with Crippen molar-refractivity contribution in [2.45, 2.75) is 26.4 Å². The topological polar surface area (TPSA) is 78.3 Å². The molecule has 0 unspecified atom stereocenters. The number of nitrogens with one attached hydrogen (secondary N) is 1. The maximum Gasteiger partial charge on any atom is 0.166 e. The highest BCUT2D eigenvalue weighted by molar-refractivity contribution is 5.95. The number of nitrogens with zero attached hydrogens (tertiary/aromatic N) is 7. The van der Waals surface area contributed by atoms with Gasteiger partial charge in [-0.2, -0.15) is 0 Å². The van der Waals surface area contributed by atoms with Crippen molar-refractivity contribution in [3.8, 4) is 11.4 Å². The number of morpholine rings is 1. The normalized spacial score (nSPS) is 18.9. The van der Waals surface area contributed by atoms with Gasteiger partial charge >= 0.3 is 0 Å². The lowest BCUT2D eigenvalue weighted by Gasteiger charge is -2.35. The van der Waals surface area contributed by atoms with Gasteiger partial charge in [0, 0.05) is 74.2 Å². The molecule has 6 heterocycles. The van der Waals surface area contributed by atoms with Gasteiger partial charge in [0.05, 0.1) is 19.8 Å². The van der Waals surface area contributed by atoms with Gasteiger partial charge in [0.25, 0.3) is 0 Å². The molecule has 3 aliphatic heterocycles. The minimum atomic E-state index is 0.703. The van der Waals surface area contributed by atoms with Crippen molar-refractivity contribution >= 4 is 27.9 Å². The number of anilines is 1. The Morgan fingerprint density at radius 1 is 0.972 bits per heavy atom. The van der Waals surface area contributed by atoms with Crippen molar-refractivity contribution < 1.29 is 4.74 Å². The number of aromatic amines is 1. The molecule has 36 heavy (non-hydrogen) atoms. The van der Waals surface area contributed by atoms with Gasteiger partial charge in [0.15, 0.2) is 22.8 Å². The number of aryl methyl sites for hydroxylation is 1. The van der Waals surface area contributed by atoms with E-state index >= 15 is 0 Å². The van der Waals surface area contributed by atoms with E-state index in [4.69, 9.17) is 19.7 Å². The van der Waals surface area contributed by atoms with E-state index in [-0.39, 0.29) is 0 Å². The number of hydrogen-bond acceptors (Lipinski definition) is 7. The average molecular weight is 485 g/mol. The largest absolute Gasteiger partial charge is 0.378 e. The lowest BCUT2D eigenvalue weighted by molar-refractivity contribution is 0.122. The van der Waals surface area contributed by atoms with Crippen LogP contribution in [0.25, 0.3) is 33.5 Å². The Morgan fingerprint density at radius 3 is 2.78 bits per heavy atom. The van der Waals surface area contributed by atoms with Gasteiger partial charge in [0.1, 0.15) is 5.82 Å². The Kier molecular flexibility index (Phi) is 5.40. The predicted molar refractivity (Wildman–Crippen MR) is 141 cm³/mol. The number of rotatable bonds is 5. The van der Waals surface area contributed by atoms with Crippen LogP contribution in [0.2, 0.25) is 0 Å². The number of hydrogen-bond donors (Lipinski definition) is 1. The zero-order valence-corrected chi connectivity index (χ0v) is 20.8. The second-order valence-electron chi connectivity index (χ2n) is 9.84. The summed E-state index contributed by atoms with van der Waals surface area (Å²) in [5.41, 5.74) is 5.42. The van der Waals surface area contributed by atoms with Crippen LogP contribution in [0.4, 0.5) is 5.82 Å². The lowest BCUT2D eigenvalue weighted by atomic mass is 10.1. The van der Waals surface area contributed by atoms with Crippen LogP contribution in [-0.4, -0.2) is 86.8 Å². The second kappa shape index (κ2) is 8.90. The third-order valence-corrected chi connectivity index (χ3v) is 7.74. The molecule has 186 valence electrons. The molecule has 3 aliphatic rings. The third kappa shape index (κ3) is 3.65. The Balaban J connectivity index is 1.34. The molecule has 0 aliphatic carbocycles. The lowest BCUT2D eigenvalue weighted by Crippen LogP contribution is -2.43. The van der Waals surface area contributed by atoms with Crippen LogP contribution >= 0.6 is 0 Å². The minimum absolute atomic E-state index is 0.703. The summed E-state index contributed by atoms with van der Waals surface area (Å²) in [5.74, 6) is 2.74. The SMILES string of the molecule is CCn1c(CN2CCN3CCC=C3C2)nc2c(N3CCOCC3)nc(-c3cccc4[nH]ccc34)nc21. The molecule has 1 N–H and O–H groups in total. The zero-order chi connectivity index (χ0) is 24.1. The molecule has 0 atom stereocenters. The van der Waals surface area contributed by atoms with Gasteiger partial charge in [-0.05, 0) is 25.5 Å². The summed E-state index contributed by atoms with van der Waals surface area (Å²) in [6.45, 7) is 11.2. The predicted octanol–water partition coefficient (Wildman–Crippen LogP) is 3.24. The van der Waals surface area contributed by atoms with Crippen molar-refractivity contribution in [1.82, 2.24) is 34.3 Å². The number of H-pyrrole nitrogens is 1. The van der Waals surface area contributed by atoms with Gasteiger partial charge in [-0.1, -0.05) is 18.2 Å². The first-order valence-electron chi connectivity index (χ1n) is 13.1. The summed E-state index contributed by atoms with van der Waals surface area (Å²) in [5, 5.41) is 1.13. The van der Waals surface area contributed by atoms with Crippen LogP contribution < -0.4 is 4.90 Å². The Labute approximate surface area is 210 Å². The van der Waals surface area contributed by atoms with E-state index in [1.165, 1.54) is 18.7 Å². The zero-order valence-electron chi connectivity index (χ0n) is 20.8. The Morgan fingerprint density at radius 2 is 1.89 bits per heavy atom. The molecule has 0 saturated carbocycles. The highest BCUT2D eigenvalue weighted by atomic mass is 16.5. The molecular weight excluding hydrogens is 452 g/mol. The summed E-state index contributed by atoms with van der Waals surface area (Å²) in [7, 11) is 0. The summed E-state index contributed by atoms with van der Waals surface area (Å²) < 4.78 is 7.94. The summed E-state index contributed by atoms with van der Waals surface area (Å²) in [6, 6.07) is 8.37. The van der Waals surface area contributed by atoms with Crippen molar-refractivity contribution in [3.63, 3.8) is 0 Å². The summed E-state index contributed by atoms with van der Waals surface area (Å²) in [4.78, 5) is 26.2. The second-order valence-corrected chi connectivity index (χ2v) is 9.84. The summed E-state index contributed by atoms with van der Waals surface area (Å²) >= 11 is 0. The molecule has 0 bridgehead atoms. The standard InChI is InChI=1S/C27H32N8O/c1-2-35-23(18-32-11-12-33-10-4-5-19(33)17-32)29-24-26(34-13-15-36-16-14-34)30-25(31-27(24)35)21-6-3-7-22-20(21)8-9-28-22/h3,5-9,28H,2,4,10-18H2,1H3. The smallest absolute Gasteiger partial charge is 0.166 e. The fourth-order valence-corrected chi connectivity index (χ4v) is 5.87. The highest BCUT2D eigenvalue weighted by Gasteiger charge is 2.27. The monoisotopic (exact) mass is 484 g/mol. The number of fused-ring (bicyclic) bond motifs is 3. The number of aromatic nitrogens is 5. The van der Waals surface area contributed by atoms with Crippen LogP contribution in [0.15, 0.2) is 42.2 Å². The number of benzene rings is 1. The van der Waals surface area contributed by atoms with Crippen LogP contribution in [0, 0.1) is 0 Å². The van der Waals surface area contributed by atoms with Crippen LogP contribution in [0.1, 0.15) is 19.2 Å². The molecule has 9 nitrogen and oxygen atoms in total. The molecule has 0 radical (unpaired) electrons. The average Bonchev–Trinajstić information content (AvgIpc) is 3.66. The first-order chi connectivity index (χ1) is 17.8. The molecule has 0 amide bonds. The van der Waals surface area contributed by atoms with Gasteiger partial charge < -0.3 is 24.1 Å². The maximum absolute atomic E-state index is 5.65. The van der Waals surface area contributed by atoms with E-state index in [1.807, 2.05) is 6.20 Å². The van der Waals surface area contributed by atoms with E-state index < -0.39 is 0 Å². The molecular formula is C27H32N8O. The Bertz CT molecular complexity index is 1450. The number of piperazine rings is 1. The van der Waals surface area contributed by atoms with Crippen molar-refractivity contribution in [3.05, 3.63) is 48.1 Å². The van der Waals surface area contributed by atoms with Crippen molar-refractivity contribution in [2.24, 2.45) is 0 Å². The van der Waals surface area contributed by atoms with Gasteiger partial charge in [-0.3, -0.25) is 4.90 Å². The molecule has 4 aromatic rings. The quantitative estimate of drug-likeness (QED) is 0.466. The van der Waals surface area contributed by atoms with Crippen molar-refractivity contribution in [2.75, 3.05) is 57.4 Å². The van der Waals surface area contributed by atoms with E-state index in [0.29, 0.717) is 13.2 Å². The first-order valence-corrected chi connectivity index (χ1v) is 13.1. The molecule has 0 spiro atoms. The fraction of sp³-hybridized carbons (Fsp3) is 0.444. The molecule has 2 fully saturated rings. The van der Waals surface area contributed by atoms with Gasteiger partial charge in [0.2, 0.25) is 0 Å². The third-order valence-electron chi connectivity index (χ3n) is 7.74. The molecule has 7 rings (SSSR count). The molecule has 1 aromatic carbocycles. The van der Waals surface area contributed by atoms with E-state index in [1.54, 1.807) is 0 Å². The Hall–Kier alpha value is -3.43. The minimum Gasteiger partial charge on any atom is -0.378 e. The highest BCUT2D eigenvalue weighted by Crippen LogP contribution is 2.32. The maximum atomic E-state index is 5.65. The molecule has 9 heteroatoms. The van der Waals surface area contributed by atoms with Crippen LogP contribution in [-0.2, 0) is 17.8 Å². The van der Waals surface area contributed by atoms with Gasteiger partial charge in [-0.25, -0.2) is 15.0 Å². The summed E-state index contributed by atoms with van der Waals surface area (Å²) in [6.07, 6.45) is 5.54. The molecule has 2 saturated heterocycles. The molecule has 3 aromatic heterocycles.